The Bertz CT molecular complexity index is 832. The molecular weight excluding hydrogens is 344 g/mol. The average Bonchev–Trinajstić information content (AvgIpc) is 2.65. The molecule has 1 amide bonds. The smallest absolute Gasteiger partial charge is 0.326 e. The number of nitrogens with zero attached hydrogens (tertiary/aromatic N) is 2. The van der Waals surface area contributed by atoms with Crippen molar-refractivity contribution >= 4 is 11.9 Å². The second-order valence-electron chi connectivity index (χ2n) is 7.14. The van der Waals surface area contributed by atoms with Crippen LogP contribution in [0.25, 0.3) is 0 Å². The largest absolute Gasteiger partial charge is 0.508 e. The van der Waals surface area contributed by atoms with E-state index in [-0.39, 0.29) is 11.7 Å². The van der Waals surface area contributed by atoms with Crippen LogP contribution in [0.3, 0.4) is 0 Å². The van der Waals surface area contributed by atoms with Crippen molar-refractivity contribution < 1.29 is 19.8 Å². The second kappa shape index (κ2) is 7.80. The van der Waals surface area contributed by atoms with Gasteiger partial charge in [0.1, 0.15) is 11.8 Å². The van der Waals surface area contributed by atoms with Crippen LogP contribution in [0.2, 0.25) is 0 Å². The number of fused-ring (bicyclic) bond motifs is 1. The number of aliphatic carboxylic acids is 1. The van der Waals surface area contributed by atoms with Crippen molar-refractivity contribution in [2.45, 2.75) is 31.5 Å². The number of carbonyl (C=O) groups is 2. The summed E-state index contributed by atoms with van der Waals surface area (Å²) in [5, 5.41) is 19.1. The maximum absolute atomic E-state index is 13.3. The van der Waals surface area contributed by atoms with Gasteiger partial charge in [0, 0.05) is 13.0 Å². The van der Waals surface area contributed by atoms with Crippen molar-refractivity contribution in [1.82, 2.24) is 9.80 Å². The molecule has 0 fully saturated rings. The molecule has 0 radical (unpaired) electrons. The Morgan fingerprint density at radius 3 is 2.33 bits per heavy atom. The fraction of sp³-hybridized carbons (Fsp3) is 0.333. The van der Waals surface area contributed by atoms with Gasteiger partial charge in [0.25, 0.3) is 0 Å². The highest BCUT2D eigenvalue weighted by atomic mass is 16.4. The molecule has 1 aliphatic heterocycles. The third kappa shape index (κ3) is 4.11. The van der Waals surface area contributed by atoms with Gasteiger partial charge in [-0.3, -0.25) is 9.69 Å². The number of hydrogen-bond acceptors (Lipinski definition) is 4. The SMILES string of the molecule is CN(C)[C@@H](Cc1ccc(O)cc1)C(=O)N1Cc2ccccc2CC1C(=O)O. The first-order chi connectivity index (χ1) is 12.9. The summed E-state index contributed by atoms with van der Waals surface area (Å²) in [6.45, 7) is 0.298. The van der Waals surface area contributed by atoms with Gasteiger partial charge in [0.2, 0.25) is 5.91 Å². The number of aromatic hydroxyl groups is 1. The number of phenols is 1. The maximum atomic E-state index is 13.3. The van der Waals surface area contributed by atoms with E-state index in [1.54, 1.807) is 24.3 Å². The molecule has 0 spiro atoms. The molecule has 6 heteroatoms. The Kier molecular flexibility index (Phi) is 5.46. The molecule has 0 saturated heterocycles. The van der Waals surface area contributed by atoms with E-state index in [2.05, 4.69) is 0 Å². The third-order valence-electron chi connectivity index (χ3n) is 5.09. The van der Waals surface area contributed by atoms with Crippen molar-refractivity contribution in [2.24, 2.45) is 0 Å². The van der Waals surface area contributed by atoms with E-state index in [9.17, 15) is 19.8 Å². The number of carboxylic acid groups (broad SMARTS) is 1. The Morgan fingerprint density at radius 1 is 1.11 bits per heavy atom. The van der Waals surface area contributed by atoms with Gasteiger partial charge in [-0.05, 0) is 49.3 Å². The standard InChI is InChI=1S/C21H24N2O4/c1-22(2)18(11-14-7-9-17(24)10-8-14)20(25)23-13-16-6-4-3-5-15(16)12-19(23)21(26)27/h3-10,18-19,24H,11-13H2,1-2H3,(H,26,27)/t18-,19?/m0/s1. The van der Waals surface area contributed by atoms with Gasteiger partial charge in [-0.1, -0.05) is 36.4 Å². The highest BCUT2D eigenvalue weighted by Gasteiger charge is 2.38. The minimum absolute atomic E-state index is 0.171. The van der Waals surface area contributed by atoms with E-state index < -0.39 is 18.1 Å². The lowest BCUT2D eigenvalue weighted by atomic mass is 9.92. The first-order valence-electron chi connectivity index (χ1n) is 8.91. The zero-order chi connectivity index (χ0) is 19.6. The van der Waals surface area contributed by atoms with Crippen LogP contribution < -0.4 is 0 Å². The molecule has 2 N–H and O–H groups in total. The van der Waals surface area contributed by atoms with Crippen molar-refractivity contribution in [3.8, 4) is 5.75 Å². The fourth-order valence-corrected chi connectivity index (χ4v) is 3.51. The molecule has 2 aromatic rings. The molecule has 27 heavy (non-hydrogen) atoms. The van der Waals surface area contributed by atoms with Gasteiger partial charge >= 0.3 is 5.97 Å². The Morgan fingerprint density at radius 2 is 1.74 bits per heavy atom. The number of benzene rings is 2. The Hall–Kier alpha value is -2.86. The van der Waals surface area contributed by atoms with E-state index in [0.29, 0.717) is 19.4 Å². The van der Waals surface area contributed by atoms with Gasteiger partial charge in [0.05, 0.1) is 6.04 Å². The lowest BCUT2D eigenvalue weighted by Gasteiger charge is -2.38. The molecule has 6 nitrogen and oxygen atoms in total. The molecule has 1 aliphatic rings. The summed E-state index contributed by atoms with van der Waals surface area (Å²) in [6.07, 6.45) is 0.757. The minimum Gasteiger partial charge on any atom is -0.508 e. The molecule has 1 unspecified atom stereocenters. The van der Waals surface area contributed by atoms with Crippen LogP contribution in [-0.2, 0) is 29.0 Å². The monoisotopic (exact) mass is 368 g/mol. The number of rotatable bonds is 5. The first-order valence-corrected chi connectivity index (χ1v) is 8.91. The van der Waals surface area contributed by atoms with Crippen LogP contribution in [0.1, 0.15) is 16.7 Å². The highest BCUT2D eigenvalue weighted by molar-refractivity contribution is 5.88. The van der Waals surface area contributed by atoms with E-state index in [4.69, 9.17) is 0 Å². The van der Waals surface area contributed by atoms with E-state index in [1.165, 1.54) is 4.90 Å². The molecule has 0 aliphatic carbocycles. The van der Waals surface area contributed by atoms with Gasteiger partial charge in [-0.15, -0.1) is 0 Å². The van der Waals surface area contributed by atoms with Crippen LogP contribution in [0.4, 0.5) is 0 Å². The van der Waals surface area contributed by atoms with Gasteiger partial charge in [0.15, 0.2) is 0 Å². The third-order valence-corrected chi connectivity index (χ3v) is 5.09. The summed E-state index contributed by atoms with van der Waals surface area (Å²) in [4.78, 5) is 28.4. The summed E-state index contributed by atoms with van der Waals surface area (Å²) < 4.78 is 0. The van der Waals surface area contributed by atoms with Crippen LogP contribution in [0.15, 0.2) is 48.5 Å². The molecule has 0 saturated carbocycles. The van der Waals surface area contributed by atoms with Gasteiger partial charge in [-0.25, -0.2) is 4.79 Å². The van der Waals surface area contributed by atoms with Crippen molar-refractivity contribution in [3.05, 3.63) is 65.2 Å². The van der Waals surface area contributed by atoms with Crippen LogP contribution in [0, 0.1) is 0 Å². The molecule has 0 aromatic heterocycles. The first kappa shape index (κ1) is 18.9. The summed E-state index contributed by atoms with van der Waals surface area (Å²) in [5.41, 5.74) is 2.88. The van der Waals surface area contributed by atoms with Crippen LogP contribution in [0.5, 0.6) is 5.75 Å². The molecule has 2 aromatic carbocycles. The van der Waals surface area contributed by atoms with E-state index in [1.807, 2.05) is 43.3 Å². The Labute approximate surface area is 158 Å². The zero-order valence-corrected chi connectivity index (χ0v) is 15.5. The van der Waals surface area contributed by atoms with E-state index >= 15 is 0 Å². The number of carbonyl (C=O) groups excluding carboxylic acids is 1. The van der Waals surface area contributed by atoms with Crippen molar-refractivity contribution in [2.75, 3.05) is 14.1 Å². The van der Waals surface area contributed by atoms with Crippen LogP contribution >= 0.6 is 0 Å². The van der Waals surface area contributed by atoms with Crippen molar-refractivity contribution in [3.63, 3.8) is 0 Å². The normalized spacial score (nSPS) is 17.4. The zero-order valence-electron chi connectivity index (χ0n) is 15.5. The molecular formula is C21H24N2O4. The average molecular weight is 368 g/mol. The molecule has 0 bridgehead atoms. The predicted molar refractivity (Wildman–Crippen MR) is 101 cm³/mol. The fourth-order valence-electron chi connectivity index (χ4n) is 3.51. The number of amides is 1. The molecule has 142 valence electrons. The van der Waals surface area contributed by atoms with Gasteiger partial charge in [-0.2, -0.15) is 0 Å². The second-order valence-corrected chi connectivity index (χ2v) is 7.14. The lowest BCUT2D eigenvalue weighted by molar-refractivity contribution is -0.153. The number of likely N-dealkylation sites (N-methyl/N-ethyl adjacent to an activating group) is 1. The summed E-state index contributed by atoms with van der Waals surface area (Å²) >= 11 is 0. The van der Waals surface area contributed by atoms with Crippen molar-refractivity contribution in [1.29, 1.82) is 0 Å². The van der Waals surface area contributed by atoms with Gasteiger partial charge < -0.3 is 15.1 Å². The maximum Gasteiger partial charge on any atom is 0.326 e. The van der Waals surface area contributed by atoms with Crippen LogP contribution in [-0.4, -0.2) is 58.1 Å². The predicted octanol–water partition coefficient (Wildman–Crippen LogP) is 1.90. The molecule has 3 rings (SSSR count). The number of carboxylic acids is 1. The van der Waals surface area contributed by atoms with E-state index in [0.717, 1.165) is 16.7 Å². The lowest BCUT2D eigenvalue weighted by Crippen LogP contribution is -2.55. The number of hydrogen-bond donors (Lipinski definition) is 2. The topological polar surface area (TPSA) is 81.1 Å². The summed E-state index contributed by atoms with van der Waals surface area (Å²) in [6, 6.07) is 13.0. The minimum atomic E-state index is -0.986. The number of phenolic OH excluding ortho intramolecular Hbond substituents is 1. The summed E-state index contributed by atoms with van der Waals surface area (Å²) in [5.74, 6) is -1.01. The molecule has 1 heterocycles. The summed E-state index contributed by atoms with van der Waals surface area (Å²) in [7, 11) is 3.63. The highest BCUT2D eigenvalue weighted by Crippen LogP contribution is 2.25. The Balaban J connectivity index is 1.87. The molecule has 2 atom stereocenters. The quantitative estimate of drug-likeness (QED) is 0.843.